The fourth-order valence-corrected chi connectivity index (χ4v) is 4.40. The molecule has 6 heteroatoms. The molecule has 2 aliphatic carbocycles. The lowest BCUT2D eigenvalue weighted by atomic mass is 9.95. The average molecular weight is 381 g/mol. The third-order valence-electron chi connectivity index (χ3n) is 4.95. The summed E-state index contributed by atoms with van der Waals surface area (Å²) in [5.41, 5.74) is 3.39. The number of nitriles is 1. The molecule has 1 N–H and O–H groups in total. The molecule has 0 radical (unpaired) electrons. The van der Waals surface area contributed by atoms with Crippen LogP contribution in [0.4, 0.5) is 4.39 Å². The van der Waals surface area contributed by atoms with E-state index in [1.807, 2.05) is 6.07 Å². The van der Waals surface area contributed by atoms with Gasteiger partial charge in [-0.1, -0.05) is 23.9 Å². The van der Waals surface area contributed by atoms with E-state index in [1.165, 1.54) is 23.9 Å². The third kappa shape index (κ3) is 4.14. The van der Waals surface area contributed by atoms with Crippen LogP contribution in [-0.2, 0) is 17.6 Å². The highest BCUT2D eigenvalue weighted by atomic mass is 32.2. The molecule has 1 fully saturated rings. The van der Waals surface area contributed by atoms with Crippen LogP contribution in [0.2, 0.25) is 0 Å². The standard InChI is InChI=1S/C21H20FN3OS/c22-16-7-5-13(6-8-16)19(20(26)24-17-9-10-17)27-21-15(12-23)11-14-3-1-2-4-18(14)25-21/h5-8,11,17,19H,1-4,9-10H2,(H,24,26)/t19-/m1/s1. The molecule has 1 atom stereocenters. The van der Waals surface area contributed by atoms with Crippen LogP contribution in [0.3, 0.4) is 0 Å². The molecule has 0 aliphatic heterocycles. The quantitative estimate of drug-likeness (QED) is 0.793. The molecule has 1 heterocycles. The molecule has 1 amide bonds. The predicted molar refractivity (Wildman–Crippen MR) is 102 cm³/mol. The Balaban J connectivity index is 1.67. The smallest absolute Gasteiger partial charge is 0.238 e. The van der Waals surface area contributed by atoms with Gasteiger partial charge in [-0.15, -0.1) is 0 Å². The molecule has 27 heavy (non-hydrogen) atoms. The Bertz CT molecular complexity index is 903. The highest BCUT2D eigenvalue weighted by Crippen LogP contribution is 2.38. The second kappa shape index (κ2) is 7.69. The second-order valence-electron chi connectivity index (χ2n) is 7.10. The highest BCUT2D eigenvalue weighted by Gasteiger charge is 2.30. The van der Waals surface area contributed by atoms with Crippen molar-refractivity contribution in [2.75, 3.05) is 0 Å². The van der Waals surface area contributed by atoms with Crippen LogP contribution in [0.1, 0.15) is 53.3 Å². The fraction of sp³-hybridized carbons (Fsp3) is 0.381. The van der Waals surface area contributed by atoms with E-state index < -0.39 is 5.25 Å². The number of carbonyl (C=O) groups excluding carboxylic acids is 1. The van der Waals surface area contributed by atoms with Gasteiger partial charge in [0.05, 0.1) is 5.56 Å². The van der Waals surface area contributed by atoms with Crippen LogP contribution in [-0.4, -0.2) is 16.9 Å². The minimum atomic E-state index is -0.563. The van der Waals surface area contributed by atoms with Crippen molar-refractivity contribution in [2.24, 2.45) is 0 Å². The van der Waals surface area contributed by atoms with Gasteiger partial charge in [-0.3, -0.25) is 4.79 Å². The minimum Gasteiger partial charge on any atom is -0.352 e. The predicted octanol–water partition coefficient (Wildman–Crippen LogP) is 4.08. The largest absolute Gasteiger partial charge is 0.352 e. The van der Waals surface area contributed by atoms with Gasteiger partial charge in [0.1, 0.15) is 22.2 Å². The molecule has 0 saturated heterocycles. The molecular weight excluding hydrogens is 361 g/mol. The average Bonchev–Trinajstić information content (AvgIpc) is 3.50. The Labute approximate surface area is 162 Å². The maximum Gasteiger partial charge on any atom is 0.238 e. The molecule has 0 bridgehead atoms. The van der Waals surface area contributed by atoms with E-state index in [0.29, 0.717) is 16.2 Å². The summed E-state index contributed by atoms with van der Waals surface area (Å²) in [4.78, 5) is 17.6. The number of carbonyl (C=O) groups is 1. The number of aryl methyl sites for hydroxylation is 2. The molecule has 0 spiro atoms. The van der Waals surface area contributed by atoms with E-state index in [9.17, 15) is 14.4 Å². The van der Waals surface area contributed by atoms with Crippen LogP contribution in [0.5, 0.6) is 0 Å². The molecule has 1 aromatic carbocycles. The Morgan fingerprint density at radius 3 is 2.70 bits per heavy atom. The zero-order chi connectivity index (χ0) is 18.8. The van der Waals surface area contributed by atoms with Gasteiger partial charge in [-0.2, -0.15) is 5.26 Å². The van der Waals surface area contributed by atoms with Gasteiger partial charge in [0.2, 0.25) is 5.91 Å². The van der Waals surface area contributed by atoms with E-state index in [4.69, 9.17) is 4.98 Å². The normalized spacial score (nSPS) is 16.9. The summed E-state index contributed by atoms with van der Waals surface area (Å²) in [7, 11) is 0. The van der Waals surface area contributed by atoms with Crippen LogP contribution in [0.25, 0.3) is 0 Å². The molecule has 0 unspecified atom stereocenters. The van der Waals surface area contributed by atoms with E-state index in [1.54, 1.807) is 12.1 Å². The Morgan fingerprint density at radius 1 is 1.26 bits per heavy atom. The number of amides is 1. The second-order valence-corrected chi connectivity index (χ2v) is 8.19. The number of nitrogens with zero attached hydrogens (tertiary/aromatic N) is 2. The molecule has 1 saturated carbocycles. The van der Waals surface area contributed by atoms with Gasteiger partial charge in [0, 0.05) is 11.7 Å². The van der Waals surface area contributed by atoms with Gasteiger partial charge in [0.15, 0.2) is 0 Å². The van der Waals surface area contributed by atoms with Gasteiger partial charge < -0.3 is 5.32 Å². The van der Waals surface area contributed by atoms with E-state index in [0.717, 1.165) is 49.8 Å². The number of rotatable bonds is 5. The first-order chi connectivity index (χ1) is 13.1. The van der Waals surface area contributed by atoms with Gasteiger partial charge in [-0.25, -0.2) is 9.37 Å². The van der Waals surface area contributed by atoms with Gasteiger partial charge in [0.25, 0.3) is 0 Å². The molecule has 138 valence electrons. The maximum absolute atomic E-state index is 13.3. The van der Waals surface area contributed by atoms with Gasteiger partial charge >= 0.3 is 0 Å². The fourth-order valence-electron chi connectivity index (χ4n) is 3.31. The van der Waals surface area contributed by atoms with E-state index in [-0.39, 0.29) is 17.8 Å². The zero-order valence-electron chi connectivity index (χ0n) is 14.9. The third-order valence-corrected chi connectivity index (χ3v) is 6.21. The topological polar surface area (TPSA) is 65.8 Å². The number of pyridine rings is 1. The number of halogens is 1. The number of thioether (sulfide) groups is 1. The van der Waals surface area contributed by atoms with Crippen molar-refractivity contribution in [1.82, 2.24) is 10.3 Å². The molecule has 1 aromatic heterocycles. The van der Waals surface area contributed by atoms with Gasteiger partial charge in [-0.05, 0) is 67.9 Å². The van der Waals surface area contributed by atoms with Crippen molar-refractivity contribution in [2.45, 2.75) is 54.8 Å². The monoisotopic (exact) mass is 381 g/mol. The molecule has 2 aromatic rings. The van der Waals surface area contributed by atoms with Crippen LogP contribution >= 0.6 is 11.8 Å². The summed E-state index contributed by atoms with van der Waals surface area (Å²) in [5, 5.41) is 12.6. The molecule has 4 nitrogen and oxygen atoms in total. The summed E-state index contributed by atoms with van der Waals surface area (Å²) in [6.07, 6.45) is 6.06. The summed E-state index contributed by atoms with van der Waals surface area (Å²) in [5.74, 6) is -0.452. The Morgan fingerprint density at radius 2 is 2.00 bits per heavy atom. The van der Waals surface area contributed by atoms with Crippen LogP contribution in [0, 0.1) is 17.1 Å². The summed E-state index contributed by atoms with van der Waals surface area (Å²) in [6, 6.07) is 10.4. The Hall–Kier alpha value is -2.39. The number of hydrogen-bond acceptors (Lipinski definition) is 4. The van der Waals surface area contributed by atoms with Crippen molar-refractivity contribution in [1.29, 1.82) is 5.26 Å². The van der Waals surface area contributed by atoms with E-state index in [2.05, 4.69) is 11.4 Å². The minimum absolute atomic E-state index is 0.113. The van der Waals surface area contributed by atoms with Crippen molar-refractivity contribution in [3.8, 4) is 6.07 Å². The zero-order valence-corrected chi connectivity index (χ0v) is 15.7. The lowest BCUT2D eigenvalue weighted by molar-refractivity contribution is -0.120. The first-order valence-corrected chi connectivity index (χ1v) is 10.2. The summed E-state index contributed by atoms with van der Waals surface area (Å²) >= 11 is 1.28. The summed E-state index contributed by atoms with van der Waals surface area (Å²) in [6.45, 7) is 0. The van der Waals surface area contributed by atoms with E-state index >= 15 is 0 Å². The maximum atomic E-state index is 13.3. The molecular formula is C21H20FN3OS. The SMILES string of the molecule is N#Cc1cc2c(nc1S[C@@H](C(=O)NC1CC1)c1ccc(F)cc1)CCCC2. The lowest BCUT2D eigenvalue weighted by Gasteiger charge is -2.20. The molecule has 2 aliphatic rings. The van der Waals surface area contributed by atoms with Crippen molar-refractivity contribution in [3.63, 3.8) is 0 Å². The summed E-state index contributed by atoms with van der Waals surface area (Å²) < 4.78 is 13.3. The number of benzene rings is 1. The first-order valence-electron chi connectivity index (χ1n) is 9.29. The number of nitrogens with one attached hydrogen (secondary N) is 1. The van der Waals surface area contributed by atoms with Crippen LogP contribution < -0.4 is 5.32 Å². The lowest BCUT2D eigenvalue weighted by Crippen LogP contribution is -2.29. The number of aromatic nitrogens is 1. The first kappa shape index (κ1) is 18.0. The van der Waals surface area contributed by atoms with Crippen molar-refractivity contribution in [3.05, 3.63) is 58.5 Å². The van der Waals surface area contributed by atoms with Crippen molar-refractivity contribution < 1.29 is 9.18 Å². The van der Waals surface area contributed by atoms with Crippen LogP contribution in [0.15, 0.2) is 35.4 Å². The number of hydrogen-bond donors (Lipinski definition) is 1. The molecule has 4 rings (SSSR count). The highest BCUT2D eigenvalue weighted by molar-refractivity contribution is 8.00. The van der Waals surface area contributed by atoms with Crippen molar-refractivity contribution >= 4 is 17.7 Å². The number of fused-ring (bicyclic) bond motifs is 1. The Kier molecular flexibility index (Phi) is 5.13.